The molecule has 4 rings (SSSR count). The molecular weight excluding hydrogens is 372 g/mol. The molecule has 1 saturated heterocycles. The van der Waals surface area contributed by atoms with E-state index in [1.807, 2.05) is 44.4 Å². The van der Waals surface area contributed by atoms with E-state index in [-0.39, 0.29) is 6.10 Å². The van der Waals surface area contributed by atoms with Crippen LogP contribution in [-0.4, -0.2) is 54.7 Å². The Balaban J connectivity index is 1.67. The van der Waals surface area contributed by atoms with Gasteiger partial charge in [-0.3, -0.25) is 4.90 Å². The standard InChI is InChI=1S/C25H28N4O/c1-5-29-15-14-21(17-29)30-25-23(26-22-12-6-18(2)16-24(22)27-25)13-9-19-7-10-20(11-8-19)28(3)4/h6-8,10-12,16,21H,5,14-15,17H2,1-4H3. The Morgan fingerprint density at radius 2 is 1.87 bits per heavy atom. The predicted molar refractivity (Wildman–Crippen MR) is 122 cm³/mol. The van der Waals surface area contributed by atoms with Crippen molar-refractivity contribution in [2.24, 2.45) is 0 Å². The van der Waals surface area contributed by atoms with Crippen molar-refractivity contribution in [3.63, 3.8) is 0 Å². The van der Waals surface area contributed by atoms with Crippen LogP contribution in [0, 0.1) is 18.8 Å². The van der Waals surface area contributed by atoms with Crippen LogP contribution in [0.15, 0.2) is 42.5 Å². The Bertz CT molecular complexity index is 1100. The largest absolute Gasteiger partial charge is 0.471 e. The minimum absolute atomic E-state index is 0.126. The maximum atomic E-state index is 6.30. The van der Waals surface area contributed by atoms with Crippen molar-refractivity contribution in [3.8, 4) is 17.7 Å². The van der Waals surface area contributed by atoms with Crippen LogP contribution in [0.3, 0.4) is 0 Å². The Morgan fingerprint density at radius 3 is 2.57 bits per heavy atom. The molecule has 3 aromatic rings. The predicted octanol–water partition coefficient (Wildman–Crippen LogP) is 3.88. The fourth-order valence-electron chi connectivity index (χ4n) is 3.62. The molecule has 0 amide bonds. The van der Waals surface area contributed by atoms with Crippen molar-refractivity contribution >= 4 is 16.7 Å². The summed E-state index contributed by atoms with van der Waals surface area (Å²) in [5, 5.41) is 0. The summed E-state index contributed by atoms with van der Waals surface area (Å²) in [6.07, 6.45) is 1.13. The van der Waals surface area contributed by atoms with Crippen LogP contribution in [0.5, 0.6) is 5.88 Å². The lowest BCUT2D eigenvalue weighted by Gasteiger charge is -2.15. The smallest absolute Gasteiger partial charge is 0.249 e. The number of hydrogen-bond acceptors (Lipinski definition) is 5. The number of aromatic nitrogens is 2. The van der Waals surface area contributed by atoms with Crippen molar-refractivity contribution < 1.29 is 4.74 Å². The van der Waals surface area contributed by atoms with Gasteiger partial charge in [0.1, 0.15) is 6.10 Å². The van der Waals surface area contributed by atoms with Crippen LogP contribution in [0.25, 0.3) is 11.0 Å². The molecule has 154 valence electrons. The highest BCUT2D eigenvalue weighted by atomic mass is 16.5. The molecule has 0 aliphatic carbocycles. The molecule has 5 heteroatoms. The Labute approximate surface area is 178 Å². The van der Waals surface area contributed by atoms with Gasteiger partial charge in [0.05, 0.1) is 11.0 Å². The van der Waals surface area contributed by atoms with E-state index in [0.29, 0.717) is 11.6 Å². The van der Waals surface area contributed by atoms with Gasteiger partial charge in [-0.25, -0.2) is 9.97 Å². The highest BCUT2D eigenvalue weighted by Crippen LogP contribution is 2.23. The Morgan fingerprint density at radius 1 is 1.07 bits per heavy atom. The first kappa shape index (κ1) is 20.2. The number of hydrogen-bond donors (Lipinski definition) is 0. The van der Waals surface area contributed by atoms with E-state index in [1.54, 1.807) is 0 Å². The van der Waals surface area contributed by atoms with Gasteiger partial charge >= 0.3 is 0 Å². The third-order valence-corrected chi connectivity index (χ3v) is 5.45. The van der Waals surface area contributed by atoms with Gasteiger partial charge in [-0.2, -0.15) is 0 Å². The van der Waals surface area contributed by atoms with E-state index in [9.17, 15) is 0 Å². The molecule has 0 spiro atoms. The van der Waals surface area contributed by atoms with Crippen LogP contribution >= 0.6 is 0 Å². The summed E-state index contributed by atoms with van der Waals surface area (Å²) in [7, 11) is 4.05. The fraction of sp³-hybridized carbons (Fsp3) is 0.360. The van der Waals surface area contributed by atoms with Crippen LogP contribution in [0.1, 0.15) is 30.2 Å². The average molecular weight is 401 g/mol. The quantitative estimate of drug-likeness (QED) is 0.622. The number of likely N-dealkylation sites (N-methyl/N-ethyl adjacent to an activating group) is 1. The third kappa shape index (κ3) is 4.55. The van der Waals surface area contributed by atoms with Crippen molar-refractivity contribution in [1.82, 2.24) is 14.9 Å². The molecule has 0 radical (unpaired) electrons. The van der Waals surface area contributed by atoms with E-state index in [2.05, 4.69) is 47.6 Å². The van der Waals surface area contributed by atoms with E-state index < -0.39 is 0 Å². The van der Waals surface area contributed by atoms with Gasteiger partial charge in [-0.15, -0.1) is 0 Å². The second-order valence-electron chi connectivity index (χ2n) is 7.98. The zero-order chi connectivity index (χ0) is 21.1. The van der Waals surface area contributed by atoms with Crippen molar-refractivity contribution in [2.45, 2.75) is 26.4 Å². The van der Waals surface area contributed by atoms with E-state index in [1.165, 1.54) is 0 Å². The molecule has 2 aromatic carbocycles. The van der Waals surface area contributed by atoms with Crippen molar-refractivity contribution in [1.29, 1.82) is 0 Å². The molecule has 30 heavy (non-hydrogen) atoms. The summed E-state index contributed by atoms with van der Waals surface area (Å²) in [5.41, 5.74) is 5.51. The van der Waals surface area contributed by atoms with Crippen LogP contribution in [0.4, 0.5) is 5.69 Å². The molecule has 1 atom stereocenters. The molecule has 1 aliphatic heterocycles. The number of likely N-dealkylation sites (tertiary alicyclic amines) is 1. The first-order chi connectivity index (χ1) is 14.5. The lowest BCUT2D eigenvalue weighted by Crippen LogP contribution is -2.25. The molecule has 2 heterocycles. The van der Waals surface area contributed by atoms with Gasteiger partial charge in [0.25, 0.3) is 0 Å². The molecule has 5 nitrogen and oxygen atoms in total. The van der Waals surface area contributed by atoms with Gasteiger partial charge in [0.15, 0.2) is 5.69 Å². The van der Waals surface area contributed by atoms with Crippen molar-refractivity contribution in [2.75, 3.05) is 38.6 Å². The number of rotatable bonds is 4. The van der Waals surface area contributed by atoms with Crippen LogP contribution < -0.4 is 9.64 Å². The number of fused-ring (bicyclic) bond motifs is 1. The number of nitrogens with zero attached hydrogens (tertiary/aromatic N) is 4. The van der Waals surface area contributed by atoms with Gasteiger partial charge in [0, 0.05) is 38.4 Å². The van der Waals surface area contributed by atoms with Gasteiger partial charge in [-0.1, -0.05) is 18.9 Å². The normalized spacial score (nSPS) is 16.3. The molecule has 0 saturated carbocycles. The maximum absolute atomic E-state index is 6.30. The van der Waals surface area contributed by atoms with Gasteiger partial charge < -0.3 is 9.64 Å². The number of benzene rings is 2. The minimum atomic E-state index is 0.126. The van der Waals surface area contributed by atoms with Gasteiger partial charge in [-0.05, 0) is 67.8 Å². The third-order valence-electron chi connectivity index (χ3n) is 5.45. The zero-order valence-corrected chi connectivity index (χ0v) is 18.1. The van der Waals surface area contributed by atoms with E-state index in [4.69, 9.17) is 14.7 Å². The van der Waals surface area contributed by atoms with Crippen LogP contribution in [-0.2, 0) is 0 Å². The molecular formula is C25H28N4O. The maximum Gasteiger partial charge on any atom is 0.249 e. The minimum Gasteiger partial charge on any atom is -0.471 e. The van der Waals surface area contributed by atoms with E-state index >= 15 is 0 Å². The van der Waals surface area contributed by atoms with Crippen molar-refractivity contribution in [3.05, 3.63) is 59.3 Å². The SMILES string of the molecule is CCN1CCC(Oc2nc3cc(C)ccc3nc2C#Cc2ccc(N(C)C)cc2)C1. The monoisotopic (exact) mass is 400 g/mol. The summed E-state index contributed by atoms with van der Waals surface area (Å²) in [6.45, 7) is 7.25. The van der Waals surface area contributed by atoms with Crippen LogP contribution in [0.2, 0.25) is 0 Å². The second-order valence-corrected chi connectivity index (χ2v) is 7.98. The molecule has 0 N–H and O–H groups in total. The molecule has 1 aliphatic rings. The molecule has 1 aromatic heterocycles. The fourth-order valence-corrected chi connectivity index (χ4v) is 3.62. The number of anilines is 1. The number of aryl methyl sites for hydroxylation is 1. The molecule has 1 unspecified atom stereocenters. The second kappa shape index (κ2) is 8.73. The van der Waals surface area contributed by atoms with Gasteiger partial charge in [0.2, 0.25) is 5.88 Å². The first-order valence-electron chi connectivity index (χ1n) is 10.5. The summed E-state index contributed by atoms with van der Waals surface area (Å²) in [4.78, 5) is 14.0. The lowest BCUT2D eigenvalue weighted by atomic mass is 10.2. The van der Waals surface area contributed by atoms with E-state index in [0.717, 1.165) is 53.9 Å². The summed E-state index contributed by atoms with van der Waals surface area (Å²) >= 11 is 0. The number of ether oxygens (including phenoxy) is 1. The molecule has 0 bridgehead atoms. The highest BCUT2D eigenvalue weighted by molar-refractivity contribution is 5.76. The summed E-state index contributed by atoms with van der Waals surface area (Å²) in [5.74, 6) is 6.97. The molecule has 1 fully saturated rings. The Hall–Kier alpha value is -3.10. The lowest BCUT2D eigenvalue weighted by molar-refractivity contribution is 0.194. The highest BCUT2D eigenvalue weighted by Gasteiger charge is 2.24. The summed E-state index contributed by atoms with van der Waals surface area (Å²) in [6, 6.07) is 14.3. The average Bonchev–Trinajstić information content (AvgIpc) is 3.20. The zero-order valence-electron chi connectivity index (χ0n) is 18.1. The first-order valence-corrected chi connectivity index (χ1v) is 10.5. The summed E-state index contributed by atoms with van der Waals surface area (Å²) < 4.78 is 6.30. The topological polar surface area (TPSA) is 41.5 Å². The Kier molecular flexibility index (Phi) is 5.87.